The summed E-state index contributed by atoms with van der Waals surface area (Å²) in [6.45, 7) is 2.66. The molecule has 0 saturated carbocycles. The van der Waals surface area contributed by atoms with Gasteiger partial charge in [-0.25, -0.2) is 0 Å². The molecule has 3 aromatic rings. The van der Waals surface area contributed by atoms with E-state index < -0.39 is 0 Å². The standard InChI is InChI=1S/C19H21N3O2/c1-13(16-4-3-5-17(11-16)23-2)10-18-21-19(22-24-18)15-8-6-14(12-20)7-9-15/h3-9,11,13H,10,12,20H2,1-2H3. The van der Waals surface area contributed by atoms with Crippen LogP contribution in [0, 0.1) is 0 Å². The molecule has 5 heteroatoms. The lowest BCUT2D eigenvalue weighted by molar-refractivity contribution is 0.371. The molecular weight excluding hydrogens is 302 g/mol. The van der Waals surface area contributed by atoms with E-state index >= 15 is 0 Å². The van der Waals surface area contributed by atoms with Gasteiger partial charge in [-0.15, -0.1) is 0 Å². The first-order chi connectivity index (χ1) is 11.7. The molecule has 5 nitrogen and oxygen atoms in total. The quantitative estimate of drug-likeness (QED) is 0.751. The molecule has 3 rings (SSSR count). The summed E-state index contributed by atoms with van der Waals surface area (Å²) in [4.78, 5) is 4.50. The summed E-state index contributed by atoms with van der Waals surface area (Å²) in [5, 5.41) is 4.08. The first-order valence-electron chi connectivity index (χ1n) is 7.95. The van der Waals surface area contributed by atoms with E-state index in [1.54, 1.807) is 7.11 Å². The van der Waals surface area contributed by atoms with Gasteiger partial charge in [0.25, 0.3) is 0 Å². The molecule has 0 bridgehead atoms. The molecule has 24 heavy (non-hydrogen) atoms. The van der Waals surface area contributed by atoms with Crippen molar-refractivity contribution in [3.63, 3.8) is 0 Å². The maximum atomic E-state index is 5.61. The maximum Gasteiger partial charge on any atom is 0.227 e. The van der Waals surface area contributed by atoms with Crippen molar-refractivity contribution in [2.75, 3.05) is 7.11 Å². The van der Waals surface area contributed by atoms with E-state index in [0.717, 1.165) is 16.9 Å². The van der Waals surface area contributed by atoms with Crippen LogP contribution in [0.1, 0.15) is 29.9 Å². The zero-order valence-corrected chi connectivity index (χ0v) is 13.9. The fraction of sp³-hybridized carbons (Fsp3) is 0.263. The van der Waals surface area contributed by atoms with Gasteiger partial charge in [0, 0.05) is 18.5 Å². The first kappa shape index (κ1) is 16.2. The van der Waals surface area contributed by atoms with E-state index in [0.29, 0.717) is 24.7 Å². The first-order valence-corrected chi connectivity index (χ1v) is 7.95. The third kappa shape index (κ3) is 3.63. The zero-order chi connectivity index (χ0) is 16.9. The average molecular weight is 323 g/mol. The van der Waals surface area contributed by atoms with Crippen LogP contribution in [0.2, 0.25) is 0 Å². The highest BCUT2D eigenvalue weighted by molar-refractivity contribution is 5.54. The Hall–Kier alpha value is -2.66. The van der Waals surface area contributed by atoms with Crippen molar-refractivity contribution in [1.82, 2.24) is 10.1 Å². The van der Waals surface area contributed by atoms with Gasteiger partial charge in [0.05, 0.1) is 7.11 Å². The number of nitrogens with two attached hydrogens (primary N) is 1. The number of methoxy groups -OCH3 is 1. The molecule has 124 valence electrons. The predicted molar refractivity (Wildman–Crippen MR) is 92.7 cm³/mol. The van der Waals surface area contributed by atoms with Gasteiger partial charge in [-0.3, -0.25) is 0 Å². The van der Waals surface area contributed by atoms with Crippen molar-refractivity contribution < 1.29 is 9.26 Å². The summed E-state index contributed by atoms with van der Waals surface area (Å²) >= 11 is 0. The van der Waals surface area contributed by atoms with E-state index in [1.807, 2.05) is 42.5 Å². The lowest BCUT2D eigenvalue weighted by atomic mass is 9.97. The summed E-state index contributed by atoms with van der Waals surface area (Å²) in [5.74, 6) is 2.34. The van der Waals surface area contributed by atoms with Gasteiger partial charge >= 0.3 is 0 Å². The molecule has 0 radical (unpaired) electrons. The van der Waals surface area contributed by atoms with E-state index in [1.165, 1.54) is 5.56 Å². The molecule has 2 aromatic carbocycles. The van der Waals surface area contributed by atoms with Gasteiger partial charge in [0.1, 0.15) is 5.75 Å². The SMILES string of the molecule is COc1cccc(C(C)Cc2nc(-c3ccc(CN)cc3)no2)c1. The minimum absolute atomic E-state index is 0.257. The van der Waals surface area contributed by atoms with E-state index in [2.05, 4.69) is 23.1 Å². The molecule has 1 heterocycles. The number of rotatable bonds is 6. The normalized spacial score (nSPS) is 12.1. The molecule has 1 aromatic heterocycles. The Balaban J connectivity index is 1.72. The number of hydrogen-bond donors (Lipinski definition) is 1. The summed E-state index contributed by atoms with van der Waals surface area (Å²) in [5.41, 5.74) is 8.80. The van der Waals surface area contributed by atoms with Crippen LogP contribution in [0.25, 0.3) is 11.4 Å². The van der Waals surface area contributed by atoms with Gasteiger partial charge in [-0.2, -0.15) is 4.98 Å². The molecule has 1 atom stereocenters. The smallest absolute Gasteiger partial charge is 0.227 e. The van der Waals surface area contributed by atoms with Crippen LogP contribution < -0.4 is 10.5 Å². The number of hydrogen-bond acceptors (Lipinski definition) is 5. The molecule has 1 unspecified atom stereocenters. The van der Waals surface area contributed by atoms with Gasteiger partial charge in [-0.05, 0) is 29.2 Å². The molecule has 0 saturated heterocycles. The second-order valence-corrected chi connectivity index (χ2v) is 5.79. The third-order valence-electron chi connectivity index (χ3n) is 4.06. The number of nitrogens with zero attached hydrogens (tertiary/aromatic N) is 2. The summed E-state index contributed by atoms with van der Waals surface area (Å²) in [6.07, 6.45) is 0.682. The number of ether oxygens (including phenoxy) is 1. The van der Waals surface area contributed by atoms with E-state index in [-0.39, 0.29) is 5.92 Å². The Morgan fingerprint density at radius 2 is 1.96 bits per heavy atom. The molecule has 2 N–H and O–H groups in total. The maximum absolute atomic E-state index is 5.61. The average Bonchev–Trinajstić information content (AvgIpc) is 3.10. The Kier molecular flexibility index (Phi) is 4.91. The number of aromatic nitrogens is 2. The molecule has 0 spiro atoms. The van der Waals surface area contributed by atoms with Crippen molar-refractivity contribution in [2.45, 2.75) is 25.8 Å². The van der Waals surface area contributed by atoms with Gasteiger partial charge in [-0.1, -0.05) is 48.5 Å². The summed E-state index contributed by atoms with van der Waals surface area (Å²) < 4.78 is 10.7. The Morgan fingerprint density at radius 3 is 2.67 bits per heavy atom. The molecule has 0 amide bonds. The highest BCUT2D eigenvalue weighted by Crippen LogP contribution is 2.24. The van der Waals surface area contributed by atoms with Crippen LogP contribution in [0.3, 0.4) is 0 Å². The highest BCUT2D eigenvalue weighted by Gasteiger charge is 2.14. The Labute approximate surface area is 141 Å². The van der Waals surface area contributed by atoms with E-state index in [9.17, 15) is 0 Å². The molecule has 0 aliphatic rings. The van der Waals surface area contributed by atoms with Crippen LogP contribution in [-0.4, -0.2) is 17.3 Å². The Morgan fingerprint density at radius 1 is 1.17 bits per heavy atom. The minimum atomic E-state index is 0.257. The largest absolute Gasteiger partial charge is 0.497 e. The highest BCUT2D eigenvalue weighted by atomic mass is 16.5. The molecule has 0 aliphatic carbocycles. The van der Waals surface area contributed by atoms with Crippen molar-refractivity contribution in [3.8, 4) is 17.1 Å². The molecular formula is C19H21N3O2. The lowest BCUT2D eigenvalue weighted by Crippen LogP contribution is -1.99. The molecule has 0 aliphatic heterocycles. The zero-order valence-electron chi connectivity index (χ0n) is 13.9. The van der Waals surface area contributed by atoms with Gasteiger partial charge < -0.3 is 15.0 Å². The van der Waals surface area contributed by atoms with Crippen LogP contribution >= 0.6 is 0 Å². The predicted octanol–water partition coefficient (Wildman–Crippen LogP) is 3.55. The van der Waals surface area contributed by atoms with Crippen LogP contribution in [-0.2, 0) is 13.0 Å². The topological polar surface area (TPSA) is 74.2 Å². The Bertz CT molecular complexity index is 796. The van der Waals surface area contributed by atoms with Crippen LogP contribution in [0.4, 0.5) is 0 Å². The monoisotopic (exact) mass is 323 g/mol. The van der Waals surface area contributed by atoms with Gasteiger partial charge in [0.2, 0.25) is 11.7 Å². The minimum Gasteiger partial charge on any atom is -0.497 e. The summed E-state index contributed by atoms with van der Waals surface area (Å²) in [6, 6.07) is 15.9. The second kappa shape index (κ2) is 7.27. The second-order valence-electron chi connectivity index (χ2n) is 5.79. The fourth-order valence-electron chi connectivity index (χ4n) is 2.57. The number of benzene rings is 2. The van der Waals surface area contributed by atoms with Crippen molar-refractivity contribution in [1.29, 1.82) is 0 Å². The summed E-state index contributed by atoms with van der Waals surface area (Å²) in [7, 11) is 1.67. The van der Waals surface area contributed by atoms with Crippen molar-refractivity contribution in [3.05, 3.63) is 65.5 Å². The van der Waals surface area contributed by atoms with Crippen LogP contribution in [0.5, 0.6) is 5.75 Å². The van der Waals surface area contributed by atoms with Gasteiger partial charge in [0.15, 0.2) is 0 Å². The van der Waals surface area contributed by atoms with E-state index in [4.69, 9.17) is 15.0 Å². The lowest BCUT2D eigenvalue weighted by Gasteiger charge is -2.10. The van der Waals surface area contributed by atoms with Crippen molar-refractivity contribution >= 4 is 0 Å². The fourth-order valence-corrected chi connectivity index (χ4v) is 2.57. The third-order valence-corrected chi connectivity index (χ3v) is 4.06. The van der Waals surface area contributed by atoms with Crippen molar-refractivity contribution in [2.24, 2.45) is 5.73 Å². The molecule has 0 fully saturated rings. The van der Waals surface area contributed by atoms with Crippen LogP contribution in [0.15, 0.2) is 53.1 Å².